The second kappa shape index (κ2) is 9.58. The zero-order chi connectivity index (χ0) is 20.8. The number of nitrogens with zero attached hydrogens (tertiary/aromatic N) is 2. The Labute approximate surface area is 173 Å². The molecule has 1 fully saturated rings. The minimum Gasteiger partial charge on any atom is -0.495 e. The number of carbonyl (C=O) groups is 2. The summed E-state index contributed by atoms with van der Waals surface area (Å²) < 4.78 is 15.8. The summed E-state index contributed by atoms with van der Waals surface area (Å²) in [6, 6.07) is 8.42. The van der Waals surface area contributed by atoms with Gasteiger partial charge in [0, 0.05) is 31.3 Å². The van der Waals surface area contributed by atoms with Gasteiger partial charge in [-0.25, -0.2) is 4.98 Å². The number of aromatic nitrogens is 1. The smallest absolute Gasteiger partial charge is 0.237 e. The van der Waals surface area contributed by atoms with Crippen LogP contribution >= 0.6 is 11.6 Å². The fourth-order valence-electron chi connectivity index (χ4n) is 3.05. The summed E-state index contributed by atoms with van der Waals surface area (Å²) >= 11 is 6.07. The lowest BCUT2D eigenvalue weighted by atomic mass is 10.1. The highest BCUT2D eigenvalue weighted by Crippen LogP contribution is 2.35. The maximum absolute atomic E-state index is 12.8. The van der Waals surface area contributed by atoms with E-state index in [2.05, 4.69) is 10.3 Å². The Morgan fingerprint density at radius 1 is 1.31 bits per heavy atom. The summed E-state index contributed by atoms with van der Waals surface area (Å²) in [7, 11) is 3.09. The molecule has 1 aliphatic heterocycles. The van der Waals surface area contributed by atoms with Gasteiger partial charge in [-0.3, -0.25) is 9.59 Å². The topological polar surface area (TPSA) is 90.0 Å². The summed E-state index contributed by atoms with van der Waals surface area (Å²) in [6.45, 7) is 0.930. The van der Waals surface area contributed by atoms with Gasteiger partial charge in [0.1, 0.15) is 18.0 Å². The van der Waals surface area contributed by atoms with Crippen molar-refractivity contribution >= 4 is 34.8 Å². The van der Waals surface area contributed by atoms with Gasteiger partial charge in [-0.1, -0.05) is 11.6 Å². The molecule has 0 radical (unpaired) electrons. The Hall–Kier alpha value is -2.84. The molecule has 154 valence electrons. The Morgan fingerprint density at radius 2 is 2.14 bits per heavy atom. The van der Waals surface area contributed by atoms with Crippen molar-refractivity contribution in [2.24, 2.45) is 5.92 Å². The fourth-order valence-corrected chi connectivity index (χ4v) is 3.21. The number of methoxy groups -OCH3 is 2. The molecule has 1 aromatic carbocycles. The van der Waals surface area contributed by atoms with Crippen LogP contribution in [0.3, 0.4) is 0 Å². The molecule has 3 rings (SSSR count). The third-order valence-corrected chi connectivity index (χ3v) is 4.72. The highest BCUT2D eigenvalue weighted by atomic mass is 35.5. The molecule has 1 aromatic heterocycles. The molecule has 0 aliphatic carbocycles. The van der Waals surface area contributed by atoms with Crippen molar-refractivity contribution in [3.63, 3.8) is 0 Å². The minimum absolute atomic E-state index is 0.0849. The van der Waals surface area contributed by atoms with Crippen molar-refractivity contribution in [1.29, 1.82) is 0 Å². The zero-order valence-electron chi connectivity index (χ0n) is 16.2. The number of hydrogen-bond acceptors (Lipinski definition) is 6. The van der Waals surface area contributed by atoms with E-state index in [9.17, 15) is 9.59 Å². The molecule has 0 spiro atoms. The molecule has 2 amide bonds. The van der Waals surface area contributed by atoms with Crippen LogP contribution in [0.4, 0.5) is 11.4 Å². The van der Waals surface area contributed by atoms with Gasteiger partial charge in [-0.15, -0.1) is 0 Å². The number of anilines is 2. The molecule has 8 nitrogen and oxygen atoms in total. The Bertz CT molecular complexity index is 892. The molecule has 9 heteroatoms. The zero-order valence-corrected chi connectivity index (χ0v) is 16.9. The van der Waals surface area contributed by atoms with E-state index in [1.165, 1.54) is 12.0 Å². The number of pyridine rings is 1. The number of benzene rings is 1. The van der Waals surface area contributed by atoms with Crippen molar-refractivity contribution in [1.82, 2.24) is 4.98 Å². The summed E-state index contributed by atoms with van der Waals surface area (Å²) in [5, 5.41) is 3.29. The molecule has 1 N–H and O–H groups in total. The highest BCUT2D eigenvalue weighted by molar-refractivity contribution is 6.31. The standard InChI is InChI=1S/C20H22ClN3O5/c1-27-8-9-29-20-15(4-3-7-22-20)23-19(26)13-10-18(25)24(12-13)16-11-14(21)5-6-17(16)28-2/h3-7,11,13H,8-10,12H2,1-2H3,(H,23,26). The average Bonchev–Trinajstić information content (AvgIpc) is 3.11. The van der Waals surface area contributed by atoms with Gasteiger partial charge >= 0.3 is 0 Å². The van der Waals surface area contributed by atoms with Crippen LogP contribution < -0.4 is 19.7 Å². The molecule has 1 aliphatic rings. The van der Waals surface area contributed by atoms with E-state index < -0.39 is 5.92 Å². The summed E-state index contributed by atoms with van der Waals surface area (Å²) in [6.07, 6.45) is 1.66. The second-order valence-electron chi connectivity index (χ2n) is 6.41. The van der Waals surface area contributed by atoms with E-state index >= 15 is 0 Å². The maximum Gasteiger partial charge on any atom is 0.237 e. The largest absolute Gasteiger partial charge is 0.495 e. The van der Waals surface area contributed by atoms with Crippen LogP contribution in [0.1, 0.15) is 6.42 Å². The van der Waals surface area contributed by atoms with Crippen LogP contribution in [-0.2, 0) is 14.3 Å². The van der Waals surface area contributed by atoms with Gasteiger partial charge in [0.15, 0.2) is 0 Å². The minimum atomic E-state index is -0.529. The summed E-state index contributed by atoms with van der Waals surface area (Å²) in [4.78, 5) is 31.0. The van der Waals surface area contributed by atoms with E-state index in [1.54, 1.807) is 43.6 Å². The first kappa shape index (κ1) is 20.9. The third kappa shape index (κ3) is 4.96. The van der Waals surface area contributed by atoms with Gasteiger partial charge < -0.3 is 24.4 Å². The maximum atomic E-state index is 12.8. The van der Waals surface area contributed by atoms with Crippen LogP contribution in [0.2, 0.25) is 5.02 Å². The van der Waals surface area contributed by atoms with E-state index in [-0.39, 0.29) is 24.8 Å². The van der Waals surface area contributed by atoms with E-state index in [0.717, 1.165) is 0 Å². The Morgan fingerprint density at radius 3 is 2.90 bits per heavy atom. The fraction of sp³-hybridized carbons (Fsp3) is 0.350. The Balaban J connectivity index is 1.71. The third-order valence-electron chi connectivity index (χ3n) is 4.48. The first-order valence-electron chi connectivity index (χ1n) is 9.05. The normalized spacial score (nSPS) is 16.0. The molecule has 0 bridgehead atoms. The van der Waals surface area contributed by atoms with Gasteiger partial charge in [0.2, 0.25) is 17.7 Å². The predicted octanol–water partition coefficient (Wildman–Crippen LogP) is 2.76. The SMILES string of the molecule is COCCOc1ncccc1NC(=O)C1CC(=O)N(c2cc(Cl)ccc2OC)C1. The van der Waals surface area contributed by atoms with Gasteiger partial charge in [-0.05, 0) is 30.3 Å². The van der Waals surface area contributed by atoms with Crippen LogP contribution in [-0.4, -0.2) is 50.8 Å². The van der Waals surface area contributed by atoms with Crippen LogP contribution in [0.25, 0.3) is 0 Å². The van der Waals surface area contributed by atoms with Crippen LogP contribution in [0.15, 0.2) is 36.5 Å². The number of ether oxygens (including phenoxy) is 3. The van der Waals surface area contributed by atoms with Crippen molar-refractivity contribution in [3.8, 4) is 11.6 Å². The monoisotopic (exact) mass is 419 g/mol. The van der Waals surface area contributed by atoms with Crippen molar-refractivity contribution < 1.29 is 23.8 Å². The lowest BCUT2D eigenvalue weighted by Gasteiger charge is -2.20. The van der Waals surface area contributed by atoms with Crippen LogP contribution in [0, 0.1) is 5.92 Å². The molecule has 2 heterocycles. The number of rotatable bonds is 8. The van der Waals surface area contributed by atoms with E-state index in [0.29, 0.717) is 41.2 Å². The molecule has 2 aromatic rings. The summed E-state index contributed by atoms with van der Waals surface area (Å²) in [5.74, 6) is -0.168. The number of halogens is 1. The van der Waals surface area contributed by atoms with Crippen molar-refractivity contribution in [2.75, 3.05) is 44.2 Å². The number of hydrogen-bond donors (Lipinski definition) is 1. The van der Waals surface area contributed by atoms with Gasteiger partial charge in [0.25, 0.3) is 0 Å². The molecular formula is C20H22ClN3O5. The lowest BCUT2D eigenvalue weighted by Crippen LogP contribution is -2.28. The number of amides is 2. The first-order valence-corrected chi connectivity index (χ1v) is 9.42. The average molecular weight is 420 g/mol. The predicted molar refractivity (Wildman–Crippen MR) is 109 cm³/mol. The van der Waals surface area contributed by atoms with Crippen LogP contribution in [0.5, 0.6) is 11.6 Å². The van der Waals surface area contributed by atoms with Crippen molar-refractivity contribution in [3.05, 3.63) is 41.6 Å². The molecule has 1 saturated heterocycles. The Kier molecular flexibility index (Phi) is 6.90. The number of carbonyl (C=O) groups excluding carboxylic acids is 2. The molecule has 1 unspecified atom stereocenters. The number of nitrogens with one attached hydrogen (secondary N) is 1. The van der Waals surface area contributed by atoms with Crippen molar-refractivity contribution in [2.45, 2.75) is 6.42 Å². The van der Waals surface area contributed by atoms with E-state index in [4.69, 9.17) is 25.8 Å². The highest BCUT2D eigenvalue weighted by Gasteiger charge is 2.36. The van der Waals surface area contributed by atoms with Gasteiger partial charge in [-0.2, -0.15) is 0 Å². The lowest BCUT2D eigenvalue weighted by molar-refractivity contribution is -0.122. The molecule has 1 atom stereocenters. The second-order valence-corrected chi connectivity index (χ2v) is 6.84. The molecule has 0 saturated carbocycles. The molecule has 29 heavy (non-hydrogen) atoms. The first-order chi connectivity index (χ1) is 14.0. The van der Waals surface area contributed by atoms with Gasteiger partial charge in [0.05, 0.1) is 25.3 Å². The van der Waals surface area contributed by atoms with E-state index in [1.807, 2.05) is 0 Å². The molecular weight excluding hydrogens is 398 g/mol. The quantitative estimate of drug-likeness (QED) is 0.662. The summed E-state index contributed by atoms with van der Waals surface area (Å²) in [5.41, 5.74) is 0.991.